The number of fused-ring (bicyclic) bond motifs is 1. The van der Waals surface area contributed by atoms with Gasteiger partial charge in [-0.3, -0.25) is 9.36 Å². The first-order valence-electron chi connectivity index (χ1n) is 7.92. The zero-order chi connectivity index (χ0) is 18.0. The van der Waals surface area contributed by atoms with E-state index in [-0.39, 0.29) is 5.56 Å². The van der Waals surface area contributed by atoms with Crippen LogP contribution in [0.2, 0.25) is 0 Å². The van der Waals surface area contributed by atoms with Gasteiger partial charge in [-0.2, -0.15) is 10.4 Å². The van der Waals surface area contributed by atoms with E-state index in [1.807, 2.05) is 33.0 Å². The molecule has 7 nitrogen and oxygen atoms in total. The summed E-state index contributed by atoms with van der Waals surface area (Å²) >= 11 is 0. The standard InChI is InChI=1S/C18H18N6O/c1-4-24-17(25)15-7-5-6-8-16(15)21-18(24)22-20-11-13-9-14(10-19)23(3)12(13)2/h5-9,11H,4H2,1-3H3,(H,21,22)/b20-11-. The van der Waals surface area contributed by atoms with E-state index < -0.39 is 0 Å². The van der Waals surface area contributed by atoms with E-state index in [0.29, 0.717) is 29.1 Å². The van der Waals surface area contributed by atoms with Crippen LogP contribution in [0.25, 0.3) is 10.9 Å². The molecule has 1 aromatic carbocycles. The number of rotatable bonds is 4. The van der Waals surface area contributed by atoms with Crippen LogP contribution in [-0.4, -0.2) is 20.3 Å². The lowest BCUT2D eigenvalue weighted by Gasteiger charge is -2.10. The maximum atomic E-state index is 12.5. The zero-order valence-electron chi connectivity index (χ0n) is 14.3. The second-order valence-electron chi connectivity index (χ2n) is 5.61. The van der Waals surface area contributed by atoms with Crippen molar-refractivity contribution in [3.8, 4) is 6.07 Å². The maximum Gasteiger partial charge on any atom is 0.262 e. The first-order valence-corrected chi connectivity index (χ1v) is 7.92. The highest BCUT2D eigenvalue weighted by Crippen LogP contribution is 2.13. The number of aromatic nitrogens is 3. The molecule has 0 unspecified atom stereocenters. The second kappa shape index (κ2) is 6.61. The molecule has 2 heterocycles. The number of hydrogen-bond donors (Lipinski definition) is 1. The monoisotopic (exact) mass is 334 g/mol. The Balaban J connectivity index is 1.96. The van der Waals surface area contributed by atoms with Crippen molar-refractivity contribution in [3.05, 3.63) is 57.6 Å². The van der Waals surface area contributed by atoms with E-state index in [1.54, 1.807) is 29.0 Å². The normalized spacial score (nSPS) is 11.1. The van der Waals surface area contributed by atoms with Gasteiger partial charge in [-0.1, -0.05) is 12.1 Å². The Labute approximate surface area is 144 Å². The van der Waals surface area contributed by atoms with Crippen molar-refractivity contribution < 1.29 is 0 Å². The Morgan fingerprint density at radius 2 is 2.16 bits per heavy atom. The molecule has 0 aliphatic carbocycles. The molecule has 0 aliphatic rings. The lowest BCUT2D eigenvalue weighted by Crippen LogP contribution is -2.23. The maximum absolute atomic E-state index is 12.5. The Hall–Kier alpha value is -3.40. The molecular formula is C18H18N6O. The lowest BCUT2D eigenvalue weighted by atomic mass is 10.2. The third-order valence-electron chi connectivity index (χ3n) is 4.24. The van der Waals surface area contributed by atoms with Crippen molar-refractivity contribution in [3.63, 3.8) is 0 Å². The van der Waals surface area contributed by atoms with E-state index in [4.69, 9.17) is 5.26 Å². The van der Waals surface area contributed by atoms with Crippen LogP contribution in [-0.2, 0) is 13.6 Å². The zero-order valence-corrected chi connectivity index (χ0v) is 14.3. The molecule has 0 amide bonds. The highest BCUT2D eigenvalue weighted by atomic mass is 16.1. The van der Waals surface area contributed by atoms with Gasteiger partial charge < -0.3 is 4.57 Å². The van der Waals surface area contributed by atoms with Crippen molar-refractivity contribution in [2.75, 3.05) is 5.43 Å². The van der Waals surface area contributed by atoms with Gasteiger partial charge in [0.25, 0.3) is 5.56 Å². The smallest absolute Gasteiger partial charge is 0.262 e. The topological polar surface area (TPSA) is 88.0 Å². The van der Waals surface area contributed by atoms with Gasteiger partial charge >= 0.3 is 0 Å². The Morgan fingerprint density at radius 3 is 2.84 bits per heavy atom. The van der Waals surface area contributed by atoms with Crippen LogP contribution in [0.3, 0.4) is 0 Å². The number of anilines is 1. The average molecular weight is 334 g/mol. The molecule has 0 bridgehead atoms. The summed E-state index contributed by atoms with van der Waals surface area (Å²) in [6.07, 6.45) is 1.62. The molecule has 126 valence electrons. The van der Waals surface area contributed by atoms with Gasteiger partial charge in [-0.05, 0) is 32.0 Å². The van der Waals surface area contributed by atoms with Gasteiger partial charge in [0.05, 0.1) is 17.1 Å². The van der Waals surface area contributed by atoms with Gasteiger partial charge in [0.1, 0.15) is 11.8 Å². The van der Waals surface area contributed by atoms with E-state index in [0.717, 1.165) is 11.3 Å². The van der Waals surface area contributed by atoms with Crippen LogP contribution in [0.15, 0.2) is 40.2 Å². The van der Waals surface area contributed by atoms with Crippen molar-refractivity contribution in [2.24, 2.45) is 12.1 Å². The van der Waals surface area contributed by atoms with Gasteiger partial charge in [0.2, 0.25) is 5.95 Å². The second-order valence-corrected chi connectivity index (χ2v) is 5.61. The molecular weight excluding hydrogens is 316 g/mol. The average Bonchev–Trinajstić information content (AvgIpc) is 2.90. The van der Waals surface area contributed by atoms with E-state index in [9.17, 15) is 4.79 Å². The first-order chi connectivity index (χ1) is 12.1. The van der Waals surface area contributed by atoms with Crippen LogP contribution in [0, 0.1) is 18.3 Å². The highest BCUT2D eigenvalue weighted by molar-refractivity contribution is 5.83. The molecule has 0 radical (unpaired) electrons. The predicted octanol–water partition coefficient (Wildman–Crippen LogP) is 2.38. The number of para-hydroxylation sites is 1. The minimum absolute atomic E-state index is 0.103. The summed E-state index contributed by atoms with van der Waals surface area (Å²) in [5, 5.41) is 13.9. The molecule has 0 fully saturated rings. The summed E-state index contributed by atoms with van der Waals surface area (Å²) in [5.41, 5.74) is 5.69. The van der Waals surface area contributed by atoms with Crippen LogP contribution >= 0.6 is 0 Å². The molecule has 3 aromatic rings. The van der Waals surface area contributed by atoms with Crippen LogP contribution in [0.1, 0.15) is 23.9 Å². The molecule has 0 atom stereocenters. The van der Waals surface area contributed by atoms with Crippen molar-refractivity contribution in [2.45, 2.75) is 20.4 Å². The largest absolute Gasteiger partial charge is 0.339 e. The number of benzene rings is 1. The summed E-state index contributed by atoms with van der Waals surface area (Å²) in [6, 6.07) is 11.1. The molecule has 0 spiro atoms. The van der Waals surface area contributed by atoms with E-state index in [1.165, 1.54) is 4.57 Å². The summed E-state index contributed by atoms with van der Waals surface area (Å²) in [7, 11) is 1.83. The summed E-state index contributed by atoms with van der Waals surface area (Å²) < 4.78 is 3.34. The van der Waals surface area contributed by atoms with Crippen LogP contribution in [0.4, 0.5) is 5.95 Å². The summed E-state index contributed by atoms with van der Waals surface area (Å²) in [5.74, 6) is 0.386. The molecule has 0 saturated carbocycles. The molecule has 3 rings (SSSR count). The van der Waals surface area contributed by atoms with Gasteiger partial charge in [0, 0.05) is 24.8 Å². The number of nitrogens with zero attached hydrogens (tertiary/aromatic N) is 5. The van der Waals surface area contributed by atoms with Crippen molar-refractivity contribution in [1.29, 1.82) is 5.26 Å². The number of hydrazone groups is 1. The summed E-state index contributed by atoms with van der Waals surface area (Å²) in [6.45, 7) is 4.28. The molecule has 25 heavy (non-hydrogen) atoms. The van der Waals surface area contributed by atoms with Gasteiger partial charge in [0.15, 0.2) is 0 Å². The van der Waals surface area contributed by atoms with Crippen molar-refractivity contribution in [1.82, 2.24) is 14.1 Å². The fourth-order valence-electron chi connectivity index (χ4n) is 2.67. The molecule has 1 N–H and O–H groups in total. The van der Waals surface area contributed by atoms with Crippen molar-refractivity contribution >= 4 is 23.1 Å². The van der Waals surface area contributed by atoms with E-state index >= 15 is 0 Å². The fraction of sp³-hybridized carbons (Fsp3) is 0.222. The Bertz CT molecular complexity index is 1070. The predicted molar refractivity (Wildman–Crippen MR) is 97.8 cm³/mol. The number of hydrogen-bond acceptors (Lipinski definition) is 5. The number of nitrogens with one attached hydrogen (secondary N) is 1. The fourth-order valence-corrected chi connectivity index (χ4v) is 2.67. The van der Waals surface area contributed by atoms with E-state index in [2.05, 4.69) is 21.6 Å². The SMILES string of the molecule is CCn1c(N/N=C\c2cc(C#N)n(C)c2C)nc2ccccc2c1=O. The van der Waals surface area contributed by atoms with Crippen LogP contribution in [0.5, 0.6) is 0 Å². The highest BCUT2D eigenvalue weighted by Gasteiger charge is 2.09. The quantitative estimate of drug-likeness (QED) is 0.586. The minimum atomic E-state index is -0.103. The summed E-state index contributed by atoms with van der Waals surface area (Å²) in [4.78, 5) is 17.0. The van der Waals surface area contributed by atoms with Crippen LogP contribution < -0.4 is 11.0 Å². The Morgan fingerprint density at radius 1 is 1.40 bits per heavy atom. The molecule has 0 aliphatic heterocycles. The van der Waals surface area contributed by atoms with Gasteiger partial charge in [-0.15, -0.1) is 0 Å². The molecule has 2 aromatic heterocycles. The molecule has 7 heteroatoms. The third-order valence-corrected chi connectivity index (χ3v) is 4.24. The number of nitriles is 1. The first kappa shape index (κ1) is 16.5. The minimum Gasteiger partial charge on any atom is -0.339 e. The third kappa shape index (κ3) is 2.90. The molecule has 0 saturated heterocycles. The Kier molecular flexibility index (Phi) is 4.35. The van der Waals surface area contributed by atoms with Gasteiger partial charge in [-0.25, -0.2) is 10.4 Å². The lowest BCUT2D eigenvalue weighted by molar-refractivity contribution is 0.724.